The zero-order valence-corrected chi connectivity index (χ0v) is 21.7. The summed E-state index contributed by atoms with van der Waals surface area (Å²) in [7, 11) is 0. The molecule has 0 radical (unpaired) electrons. The van der Waals surface area contributed by atoms with Gasteiger partial charge in [0, 0.05) is 18.7 Å². The summed E-state index contributed by atoms with van der Waals surface area (Å²) in [5.74, 6) is -0.565. The van der Waals surface area contributed by atoms with E-state index in [2.05, 4.69) is 42.0 Å². The van der Waals surface area contributed by atoms with Crippen LogP contribution in [0.5, 0.6) is 5.75 Å². The van der Waals surface area contributed by atoms with Crippen molar-refractivity contribution in [1.82, 2.24) is 10.2 Å². The lowest BCUT2D eigenvalue weighted by Gasteiger charge is -2.29. The second-order valence-corrected chi connectivity index (χ2v) is 9.97. The minimum absolute atomic E-state index is 0.0198. The van der Waals surface area contributed by atoms with Gasteiger partial charge in [0.05, 0.1) is 4.47 Å². The van der Waals surface area contributed by atoms with Crippen molar-refractivity contribution in [2.45, 2.75) is 65.5 Å². The summed E-state index contributed by atoms with van der Waals surface area (Å²) in [5.41, 5.74) is 1.45. The number of hydrogen-bond acceptors (Lipinski definition) is 3. The summed E-state index contributed by atoms with van der Waals surface area (Å²) < 4.78 is 20.8. The number of benzene rings is 2. The van der Waals surface area contributed by atoms with Gasteiger partial charge in [-0.15, -0.1) is 0 Å². The van der Waals surface area contributed by atoms with Gasteiger partial charge in [-0.1, -0.05) is 58.4 Å². The van der Waals surface area contributed by atoms with Crippen LogP contribution in [0, 0.1) is 5.82 Å². The zero-order chi connectivity index (χ0) is 24.6. The van der Waals surface area contributed by atoms with E-state index >= 15 is 0 Å². The lowest BCUT2D eigenvalue weighted by Crippen LogP contribution is -2.49. The smallest absolute Gasteiger partial charge is 0.261 e. The highest BCUT2D eigenvalue weighted by Crippen LogP contribution is 2.31. The molecule has 0 aromatic heterocycles. The summed E-state index contributed by atoms with van der Waals surface area (Å²) in [6.45, 7) is 10.3. The van der Waals surface area contributed by atoms with Gasteiger partial charge in [0.2, 0.25) is 5.91 Å². The molecule has 0 saturated heterocycles. The first-order valence-electron chi connectivity index (χ1n) is 11.3. The maximum absolute atomic E-state index is 14.3. The maximum atomic E-state index is 14.3. The molecule has 0 fully saturated rings. The van der Waals surface area contributed by atoms with Gasteiger partial charge in [0.15, 0.2) is 6.61 Å². The number of hydrogen-bond donors (Lipinski definition) is 1. The average molecular weight is 521 g/mol. The molecule has 1 atom stereocenters. The Morgan fingerprint density at radius 1 is 1.18 bits per heavy atom. The molecule has 7 heteroatoms. The Kier molecular flexibility index (Phi) is 9.89. The van der Waals surface area contributed by atoms with Crippen LogP contribution in [0.3, 0.4) is 0 Å². The van der Waals surface area contributed by atoms with Crippen molar-refractivity contribution >= 4 is 27.7 Å². The molecule has 0 aliphatic carbocycles. The van der Waals surface area contributed by atoms with Crippen LogP contribution in [0.1, 0.15) is 58.6 Å². The fourth-order valence-corrected chi connectivity index (χ4v) is 3.73. The van der Waals surface area contributed by atoms with Crippen molar-refractivity contribution in [1.29, 1.82) is 0 Å². The molecular weight excluding hydrogens is 487 g/mol. The van der Waals surface area contributed by atoms with E-state index in [1.807, 2.05) is 25.1 Å². The highest BCUT2D eigenvalue weighted by molar-refractivity contribution is 9.10. The molecule has 0 aliphatic heterocycles. The summed E-state index contributed by atoms with van der Waals surface area (Å²) in [4.78, 5) is 27.1. The quantitative estimate of drug-likeness (QED) is 0.415. The molecule has 0 heterocycles. The second-order valence-electron chi connectivity index (χ2n) is 9.12. The van der Waals surface area contributed by atoms with Crippen LogP contribution in [-0.4, -0.2) is 35.9 Å². The Morgan fingerprint density at radius 2 is 1.88 bits per heavy atom. The summed E-state index contributed by atoms with van der Waals surface area (Å²) in [5, 5.41) is 2.85. The van der Waals surface area contributed by atoms with E-state index in [1.165, 1.54) is 11.0 Å². The van der Waals surface area contributed by atoms with Crippen molar-refractivity contribution in [3.8, 4) is 5.75 Å². The molecule has 1 N–H and O–H groups in total. The Morgan fingerprint density at radius 3 is 2.48 bits per heavy atom. The molecule has 0 saturated carbocycles. The predicted molar refractivity (Wildman–Crippen MR) is 133 cm³/mol. The molecule has 33 heavy (non-hydrogen) atoms. The van der Waals surface area contributed by atoms with Gasteiger partial charge in [0.25, 0.3) is 5.91 Å². The van der Waals surface area contributed by atoms with Crippen molar-refractivity contribution < 1.29 is 18.7 Å². The monoisotopic (exact) mass is 520 g/mol. The molecule has 2 aromatic rings. The highest BCUT2D eigenvalue weighted by atomic mass is 79.9. The standard InChI is InChI=1S/C26H34BrFN2O3/c1-6-7-14-29-25(32)18(2)30(16-19-10-8-9-11-22(19)28)24(31)17-33-23-13-12-20(15-21(23)27)26(3,4)5/h8-13,15,18H,6-7,14,16-17H2,1-5H3,(H,29,32)/t18-/m0/s1. The van der Waals surface area contributed by atoms with E-state index in [0.29, 0.717) is 17.9 Å². The number of carbonyl (C=O) groups is 2. The molecule has 2 rings (SSSR count). The largest absolute Gasteiger partial charge is 0.483 e. The number of unbranched alkanes of at least 4 members (excludes halogenated alkanes) is 1. The minimum Gasteiger partial charge on any atom is -0.483 e. The Balaban J connectivity index is 2.17. The number of halogens is 2. The first kappa shape index (κ1) is 26.8. The van der Waals surface area contributed by atoms with Crippen LogP contribution in [-0.2, 0) is 21.5 Å². The van der Waals surface area contributed by atoms with Crippen molar-refractivity contribution in [3.05, 3.63) is 63.9 Å². The first-order valence-corrected chi connectivity index (χ1v) is 12.1. The summed E-state index contributed by atoms with van der Waals surface area (Å²) >= 11 is 3.51. The lowest BCUT2D eigenvalue weighted by atomic mass is 9.87. The van der Waals surface area contributed by atoms with Gasteiger partial charge in [-0.3, -0.25) is 9.59 Å². The lowest BCUT2D eigenvalue weighted by molar-refractivity contribution is -0.142. The third-order valence-electron chi connectivity index (χ3n) is 5.44. The van der Waals surface area contributed by atoms with Crippen LogP contribution >= 0.6 is 15.9 Å². The van der Waals surface area contributed by atoms with E-state index in [-0.39, 0.29) is 24.5 Å². The Hall–Kier alpha value is -2.41. The van der Waals surface area contributed by atoms with Crippen LogP contribution < -0.4 is 10.1 Å². The third kappa shape index (κ3) is 7.84. The summed E-state index contributed by atoms with van der Waals surface area (Å²) in [6, 6.07) is 11.2. The van der Waals surface area contributed by atoms with Crippen LogP contribution in [0.2, 0.25) is 0 Å². The average Bonchev–Trinajstić information content (AvgIpc) is 2.76. The third-order valence-corrected chi connectivity index (χ3v) is 6.06. The molecule has 0 bridgehead atoms. The zero-order valence-electron chi connectivity index (χ0n) is 20.1. The van der Waals surface area contributed by atoms with Gasteiger partial charge in [-0.25, -0.2) is 4.39 Å². The second kappa shape index (κ2) is 12.2. The highest BCUT2D eigenvalue weighted by Gasteiger charge is 2.27. The normalized spacial score (nSPS) is 12.2. The Bertz CT molecular complexity index is 959. The topological polar surface area (TPSA) is 58.6 Å². The van der Waals surface area contributed by atoms with E-state index < -0.39 is 17.8 Å². The fourth-order valence-electron chi connectivity index (χ4n) is 3.24. The Labute approximate surface area is 204 Å². The number of nitrogens with one attached hydrogen (secondary N) is 1. The van der Waals surface area contributed by atoms with Crippen molar-refractivity contribution in [2.75, 3.05) is 13.2 Å². The van der Waals surface area contributed by atoms with Gasteiger partial charge in [-0.2, -0.15) is 0 Å². The molecule has 5 nitrogen and oxygen atoms in total. The van der Waals surface area contributed by atoms with Gasteiger partial charge < -0.3 is 15.0 Å². The molecule has 2 aromatic carbocycles. The maximum Gasteiger partial charge on any atom is 0.261 e. The number of nitrogens with zero attached hydrogens (tertiary/aromatic N) is 1. The number of amides is 2. The molecule has 180 valence electrons. The molecular formula is C26H34BrFN2O3. The minimum atomic E-state index is -0.774. The number of rotatable bonds is 10. The first-order chi connectivity index (χ1) is 15.5. The number of carbonyl (C=O) groups excluding carboxylic acids is 2. The van der Waals surface area contributed by atoms with Gasteiger partial charge >= 0.3 is 0 Å². The number of ether oxygens (including phenoxy) is 1. The van der Waals surface area contributed by atoms with Crippen molar-refractivity contribution in [2.24, 2.45) is 0 Å². The molecule has 0 unspecified atom stereocenters. The van der Waals surface area contributed by atoms with E-state index in [1.54, 1.807) is 25.1 Å². The predicted octanol–water partition coefficient (Wildman–Crippen LogP) is 5.60. The van der Waals surface area contributed by atoms with Gasteiger partial charge in [0.1, 0.15) is 17.6 Å². The van der Waals surface area contributed by atoms with Crippen LogP contribution in [0.15, 0.2) is 46.9 Å². The van der Waals surface area contributed by atoms with Gasteiger partial charge in [-0.05, 0) is 58.5 Å². The summed E-state index contributed by atoms with van der Waals surface area (Å²) in [6.07, 6.45) is 1.80. The van der Waals surface area contributed by atoms with E-state index in [4.69, 9.17) is 4.74 Å². The van der Waals surface area contributed by atoms with Crippen LogP contribution in [0.4, 0.5) is 4.39 Å². The fraction of sp³-hybridized carbons (Fsp3) is 0.462. The molecule has 0 aliphatic rings. The van der Waals surface area contributed by atoms with E-state index in [0.717, 1.165) is 22.9 Å². The van der Waals surface area contributed by atoms with Crippen molar-refractivity contribution in [3.63, 3.8) is 0 Å². The SMILES string of the molecule is CCCCNC(=O)[C@H](C)N(Cc1ccccc1F)C(=O)COc1ccc(C(C)(C)C)cc1Br. The van der Waals surface area contributed by atoms with E-state index in [9.17, 15) is 14.0 Å². The van der Waals surface area contributed by atoms with Crippen LogP contribution in [0.25, 0.3) is 0 Å². The molecule has 2 amide bonds. The molecule has 0 spiro atoms.